The van der Waals surface area contributed by atoms with Crippen LogP contribution in [-0.2, 0) is 30.5 Å². The van der Waals surface area contributed by atoms with E-state index in [9.17, 15) is 31.1 Å². The number of hydrogen-bond donors (Lipinski definition) is 0. The molecule has 2 heterocycles. The van der Waals surface area contributed by atoms with Crippen LogP contribution in [0.5, 0.6) is 0 Å². The number of carbonyl (C=O) groups is 1. The zero-order chi connectivity index (χ0) is 20.6. The molecule has 0 saturated carbocycles. The van der Waals surface area contributed by atoms with Crippen LogP contribution in [0.4, 0.5) is 26.3 Å². The number of aromatic nitrogens is 3. The molecule has 1 aromatic heterocycles. The van der Waals surface area contributed by atoms with E-state index in [1.807, 2.05) is 0 Å². The Morgan fingerprint density at radius 1 is 1.11 bits per heavy atom. The molecule has 0 N–H and O–H groups in total. The van der Waals surface area contributed by atoms with Gasteiger partial charge in [0.05, 0.1) is 0 Å². The van der Waals surface area contributed by atoms with Crippen LogP contribution in [0.25, 0.3) is 0 Å². The topological polar surface area (TPSA) is 51.0 Å². The first-order valence-corrected chi connectivity index (χ1v) is 9.23. The van der Waals surface area contributed by atoms with Gasteiger partial charge in [-0.05, 0) is 0 Å². The molecule has 0 spiro atoms. The molecular weight excluding hydrogens is 453 g/mol. The third-order valence-corrected chi connectivity index (χ3v) is 5.08. The molecule has 12 heteroatoms. The molecule has 0 fully saturated rings. The number of halogens is 6. The van der Waals surface area contributed by atoms with Gasteiger partial charge in [-0.2, -0.15) is 0 Å². The van der Waals surface area contributed by atoms with Crippen LogP contribution in [0, 0.1) is 17.5 Å². The van der Waals surface area contributed by atoms with Gasteiger partial charge in [0.15, 0.2) is 0 Å². The van der Waals surface area contributed by atoms with Gasteiger partial charge >= 0.3 is 164 Å². The normalized spacial score (nSPS) is 15.5. The van der Waals surface area contributed by atoms with Crippen molar-refractivity contribution in [2.45, 2.75) is 36.8 Å². The fourth-order valence-electron chi connectivity index (χ4n) is 2.96. The number of alkyl halides is 3. The first-order valence-electron chi connectivity index (χ1n) is 8.14. The van der Waals surface area contributed by atoms with Gasteiger partial charge < -0.3 is 0 Å². The van der Waals surface area contributed by atoms with Crippen molar-refractivity contribution < 1.29 is 31.1 Å². The maximum absolute atomic E-state index is 13.7. The Labute approximate surface area is 164 Å². The van der Waals surface area contributed by atoms with Crippen molar-refractivity contribution in [1.29, 1.82) is 0 Å². The van der Waals surface area contributed by atoms with Crippen LogP contribution in [0.15, 0.2) is 12.1 Å². The molecule has 1 amide bonds. The Morgan fingerprint density at radius 3 is 2.46 bits per heavy atom. The molecule has 1 atom stereocenters. The minimum absolute atomic E-state index is 0.0168. The number of amides is 1. The Bertz CT molecular complexity index is 900. The van der Waals surface area contributed by atoms with Crippen molar-refractivity contribution in [3.63, 3.8) is 0 Å². The predicted octanol–water partition coefficient (Wildman–Crippen LogP) is 2.65. The van der Waals surface area contributed by atoms with Crippen LogP contribution < -0.4 is 0 Å². The molecular formula is C16H13AsF6N4O. The standard InChI is InChI=1S/C16H13AsF6N4O/c17-9(3-8-4-11(19)12(20)6-10(8)18)5-14(28)26-1-2-27-13(7-26)24-25-15(27)16(21,22)23/h4,6,9H,1-3,5,7H2/t9-/m1/s1. The van der Waals surface area contributed by atoms with E-state index in [0.717, 1.165) is 10.6 Å². The SMILES string of the molecule is O=C(C[C@H]([As])Cc1cc(F)c(F)cc1F)N1CCn2c(nnc2C(F)(F)F)C1. The van der Waals surface area contributed by atoms with Crippen molar-refractivity contribution in [2.75, 3.05) is 6.54 Å². The van der Waals surface area contributed by atoms with Gasteiger partial charge in [-0.25, -0.2) is 0 Å². The summed E-state index contributed by atoms with van der Waals surface area (Å²) in [5.74, 6) is -4.83. The number of benzene rings is 1. The second-order valence-corrected chi connectivity index (χ2v) is 7.86. The Balaban J connectivity index is 1.63. The van der Waals surface area contributed by atoms with E-state index in [4.69, 9.17) is 0 Å². The van der Waals surface area contributed by atoms with Crippen molar-refractivity contribution >= 4 is 22.8 Å². The molecule has 0 aliphatic carbocycles. The summed E-state index contributed by atoms with van der Waals surface area (Å²) in [5.41, 5.74) is -0.0643. The van der Waals surface area contributed by atoms with E-state index < -0.39 is 34.2 Å². The van der Waals surface area contributed by atoms with Crippen LogP contribution in [0.1, 0.15) is 23.6 Å². The van der Waals surface area contributed by atoms with E-state index in [2.05, 4.69) is 27.1 Å². The van der Waals surface area contributed by atoms with E-state index in [1.54, 1.807) is 0 Å². The van der Waals surface area contributed by atoms with E-state index in [0.29, 0.717) is 6.07 Å². The Morgan fingerprint density at radius 2 is 1.79 bits per heavy atom. The monoisotopic (exact) mass is 466 g/mol. The zero-order valence-electron chi connectivity index (χ0n) is 14.2. The van der Waals surface area contributed by atoms with Crippen molar-refractivity contribution in [1.82, 2.24) is 19.7 Å². The molecule has 5 nitrogen and oxygen atoms in total. The third kappa shape index (κ3) is 4.34. The van der Waals surface area contributed by atoms with Crippen molar-refractivity contribution in [3.05, 3.63) is 46.8 Å². The minimum atomic E-state index is -4.63. The molecule has 3 rings (SSSR count). The van der Waals surface area contributed by atoms with E-state index >= 15 is 0 Å². The second-order valence-electron chi connectivity index (χ2n) is 6.32. The van der Waals surface area contributed by atoms with Crippen LogP contribution in [0.2, 0.25) is 4.71 Å². The summed E-state index contributed by atoms with van der Waals surface area (Å²) in [6.45, 7) is -0.169. The number of hydrogen-bond acceptors (Lipinski definition) is 3. The summed E-state index contributed by atoms with van der Waals surface area (Å²) < 4.78 is 79.0. The number of nitrogens with zero attached hydrogens (tertiary/aromatic N) is 4. The maximum atomic E-state index is 13.7. The first-order chi connectivity index (χ1) is 13.1. The summed E-state index contributed by atoms with van der Waals surface area (Å²) in [5, 5.41) is 6.64. The van der Waals surface area contributed by atoms with Gasteiger partial charge in [0.2, 0.25) is 0 Å². The van der Waals surface area contributed by atoms with Gasteiger partial charge in [-0.3, -0.25) is 0 Å². The molecule has 1 aliphatic heterocycles. The number of rotatable bonds is 4. The van der Waals surface area contributed by atoms with Gasteiger partial charge in [0.25, 0.3) is 0 Å². The van der Waals surface area contributed by atoms with Gasteiger partial charge in [0, 0.05) is 0 Å². The average molecular weight is 466 g/mol. The molecule has 2 radical (unpaired) electrons. The molecule has 1 aliphatic rings. The Hall–Kier alpha value is -2.03. The summed E-state index contributed by atoms with van der Waals surface area (Å²) in [6, 6.07) is 1.19. The van der Waals surface area contributed by atoms with E-state index in [-0.39, 0.29) is 49.8 Å². The van der Waals surface area contributed by atoms with Gasteiger partial charge in [0.1, 0.15) is 0 Å². The van der Waals surface area contributed by atoms with Crippen LogP contribution >= 0.6 is 0 Å². The molecule has 150 valence electrons. The molecule has 1 aromatic carbocycles. The molecule has 0 bridgehead atoms. The van der Waals surface area contributed by atoms with Crippen molar-refractivity contribution in [2.24, 2.45) is 0 Å². The second kappa shape index (κ2) is 7.77. The van der Waals surface area contributed by atoms with Crippen LogP contribution in [-0.4, -0.2) is 49.0 Å². The summed E-state index contributed by atoms with van der Waals surface area (Å²) in [4.78, 5) is 13.8. The molecule has 2 aromatic rings. The van der Waals surface area contributed by atoms with E-state index in [1.165, 1.54) is 4.90 Å². The van der Waals surface area contributed by atoms with Crippen LogP contribution in [0.3, 0.4) is 0 Å². The van der Waals surface area contributed by atoms with Gasteiger partial charge in [-0.15, -0.1) is 0 Å². The summed E-state index contributed by atoms with van der Waals surface area (Å²) >= 11 is 2.17. The third-order valence-electron chi connectivity index (χ3n) is 4.31. The number of fused-ring (bicyclic) bond motifs is 1. The fourth-order valence-corrected chi connectivity index (χ4v) is 3.70. The first kappa shape index (κ1) is 20.7. The Kier molecular flexibility index (Phi) is 5.74. The van der Waals surface area contributed by atoms with Gasteiger partial charge in [-0.1, -0.05) is 0 Å². The quantitative estimate of drug-likeness (QED) is 0.396. The number of carbonyl (C=O) groups excluding carboxylic acids is 1. The zero-order valence-corrected chi connectivity index (χ0v) is 16.1. The summed E-state index contributed by atoms with van der Waals surface area (Å²) in [6.07, 6.45) is -4.70. The summed E-state index contributed by atoms with van der Waals surface area (Å²) in [7, 11) is 0. The fraction of sp³-hybridized carbons (Fsp3) is 0.438. The molecule has 0 unspecified atom stereocenters. The predicted molar refractivity (Wildman–Crippen MR) is 84.6 cm³/mol. The van der Waals surface area contributed by atoms with Crippen molar-refractivity contribution in [3.8, 4) is 0 Å². The molecule has 28 heavy (non-hydrogen) atoms. The molecule has 0 saturated heterocycles. The average Bonchev–Trinajstić information content (AvgIpc) is 3.03.